The Morgan fingerprint density at radius 1 is 0.971 bits per heavy atom. The van der Waals surface area contributed by atoms with Gasteiger partial charge in [-0.3, -0.25) is 4.79 Å². The average Bonchev–Trinajstić information content (AvgIpc) is 2.82. The van der Waals surface area contributed by atoms with Crippen LogP contribution in [0.5, 0.6) is 0 Å². The van der Waals surface area contributed by atoms with Crippen LogP contribution in [0.3, 0.4) is 0 Å². The van der Waals surface area contributed by atoms with Gasteiger partial charge >= 0.3 is 5.97 Å². The first-order valence-electron chi connectivity index (χ1n) is 14.0. The molecule has 1 aliphatic carbocycles. The van der Waals surface area contributed by atoms with E-state index in [1.165, 1.54) is 38.5 Å². The van der Waals surface area contributed by atoms with Crippen LogP contribution in [-0.2, 0) is 14.3 Å². The summed E-state index contributed by atoms with van der Waals surface area (Å²) in [5.41, 5.74) is 0. The van der Waals surface area contributed by atoms with Crippen molar-refractivity contribution in [2.45, 2.75) is 129 Å². The van der Waals surface area contributed by atoms with Crippen molar-refractivity contribution in [3.63, 3.8) is 0 Å². The number of hydrogen-bond donors (Lipinski definition) is 3. The Balaban J connectivity index is 2.52. The second kappa shape index (κ2) is 18.6. The zero-order chi connectivity index (χ0) is 25.3. The van der Waals surface area contributed by atoms with E-state index < -0.39 is 24.1 Å². The van der Waals surface area contributed by atoms with E-state index in [-0.39, 0.29) is 32.3 Å². The highest BCUT2D eigenvalue weighted by Gasteiger charge is 2.32. The zero-order valence-corrected chi connectivity index (χ0v) is 22.4. The summed E-state index contributed by atoms with van der Waals surface area (Å²) in [6.45, 7) is 8.45. The van der Waals surface area contributed by atoms with E-state index in [9.17, 15) is 20.1 Å². The SMILES string of the molecule is CCCCCCCCCCC(CC(O)CO)C(=O)OC(CO)COC1CC(C)CCC1C(C)C. The van der Waals surface area contributed by atoms with Gasteiger partial charge < -0.3 is 24.8 Å². The maximum Gasteiger partial charge on any atom is 0.309 e. The topological polar surface area (TPSA) is 96.2 Å². The molecule has 0 aliphatic heterocycles. The van der Waals surface area contributed by atoms with E-state index in [0.717, 1.165) is 32.1 Å². The van der Waals surface area contributed by atoms with Crippen LogP contribution >= 0.6 is 0 Å². The Morgan fingerprint density at radius 2 is 1.62 bits per heavy atom. The molecule has 0 aromatic carbocycles. The fourth-order valence-electron chi connectivity index (χ4n) is 5.18. The minimum Gasteiger partial charge on any atom is -0.457 e. The van der Waals surface area contributed by atoms with Gasteiger partial charge in [-0.1, -0.05) is 85.5 Å². The molecular formula is C28H54O6. The molecule has 6 heteroatoms. The van der Waals surface area contributed by atoms with Crippen molar-refractivity contribution in [3.05, 3.63) is 0 Å². The van der Waals surface area contributed by atoms with Gasteiger partial charge in [0, 0.05) is 0 Å². The maximum atomic E-state index is 12.9. The highest BCUT2D eigenvalue weighted by atomic mass is 16.6. The summed E-state index contributed by atoms with van der Waals surface area (Å²) >= 11 is 0. The lowest BCUT2D eigenvalue weighted by Gasteiger charge is -2.37. The first kappa shape index (κ1) is 31.3. The third-order valence-electron chi connectivity index (χ3n) is 7.45. The second-order valence-corrected chi connectivity index (χ2v) is 11.0. The summed E-state index contributed by atoms with van der Waals surface area (Å²) < 4.78 is 11.8. The van der Waals surface area contributed by atoms with Crippen LogP contribution in [0.15, 0.2) is 0 Å². The van der Waals surface area contributed by atoms with Crippen LogP contribution < -0.4 is 0 Å². The number of unbranched alkanes of at least 4 members (excludes halogenated alkanes) is 7. The highest BCUT2D eigenvalue weighted by molar-refractivity contribution is 5.72. The summed E-state index contributed by atoms with van der Waals surface area (Å²) in [4.78, 5) is 12.9. The molecule has 6 unspecified atom stereocenters. The van der Waals surface area contributed by atoms with Crippen LogP contribution in [-0.4, -0.2) is 59.4 Å². The summed E-state index contributed by atoms with van der Waals surface area (Å²) in [5.74, 6) is 0.750. The Kier molecular flexibility index (Phi) is 17.1. The smallest absolute Gasteiger partial charge is 0.309 e. The van der Waals surface area contributed by atoms with Gasteiger partial charge in [0.25, 0.3) is 0 Å². The Labute approximate surface area is 208 Å². The van der Waals surface area contributed by atoms with Crippen LogP contribution in [0.2, 0.25) is 0 Å². The van der Waals surface area contributed by atoms with E-state index in [1.807, 2.05) is 0 Å². The fourth-order valence-corrected chi connectivity index (χ4v) is 5.18. The third-order valence-corrected chi connectivity index (χ3v) is 7.45. The second-order valence-electron chi connectivity index (χ2n) is 11.0. The van der Waals surface area contributed by atoms with E-state index in [1.54, 1.807) is 0 Å². The third kappa shape index (κ3) is 12.9. The molecule has 0 heterocycles. The molecule has 0 aromatic rings. The lowest BCUT2D eigenvalue weighted by atomic mass is 9.75. The van der Waals surface area contributed by atoms with Gasteiger partial charge in [-0.2, -0.15) is 0 Å². The first-order valence-corrected chi connectivity index (χ1v) is 14.0. The molecule has 6 nitrogen and oxygen atoms in total. The van der Waals surface area contributed by atoms with E-state index in [0.29, 0.717) is 24.2 Å². The molecular weight excluding hydrogens is 432 g/mol. The van der Waals surface area contributed by atoms with Gasteiger partial charge in [-0.15, -0.1) is 0 Å². The first-order chi connectivity index (χ1) is 16.3. The average molecular weight is 487 g/mol. The van der Waals surface area contributed by atoms with Gasteiger partial charge in [0.05, 0.1) is 37.9 Å². The molecule has 1 fully saturated rings. The van der Waals surface area contributed by atoms with Crippen molar-refractivity contribution >= 4 is 5.97 Å². The number of esters is 1. The molecule has 1 saturated carbocycles. The Hall–Kier alpha value is -0.690. The minimum absolute atomic E-state index is 0.126. The lowest BCUT2D eigenvalue weighted by Crippen LogP contribution is -2.38. The molecule has 34 heavy (non-hydrogen) atoms. The predicted molar refractivity (Wildman–Crippen MR) is 136 cm³/mol. The molecule has 1 aliphatic rings. The van der Waals surface area contributed by atoms with Crippen molar-refractivity contribution in [1.82, 2.24) is 0 Å². The number of hydrogen-bond acceptors (Lipinski definition) is 6. The Bertz CT molecular complexity index is 511. The molecule has 0 radical (unpaired) electrons. The number of aliphatic hydroxyl groups is 3. The van der Waals surface area contributed by atoms with Crippen molar-refractivity contribution in [1.29, 1.82) is 0 Å². The lowest BCUT2D eigenvalue weighted by molar-refractivity contribution is -0.165. The fraction of sp³-hybridized carbons (Fsp3) is 0.964. The molecule has 0 bridgehead atoms. The molecule has 0 amide bonds. The van der Waals surface area contributed by atoms with Gasteiger partial charge in [0.1, 0.15) is 6.10 Å². The van der Waals surface area contributed by atoms with E-state index >= 15 is 0 Å². The van der Waals surface area contributed by atoms with Crippen LogP contribution in [0, 0.1) is 23.7 Å². The molecule has 0 spiro atoms. The number of aliphatic hydroxyl groups excluding tert-OH is 3. The van der Waals surface area contributed by atoms with Crippen LogP contribution in [0.4, 0.5) is 0 Å². The van der Waals surface area contributed by atoms with Crippen molar-refractivity contribution in [3.8, 4) is 0 Å². The molecule has 6 atom stereocenters. The van der Waals surface area contributed by atoms with Crippen LogP contribution in [0.1, 0.15) is 111 Å². The number of ether oxygens (including phenoxy) is 2. The number of carbonyl (C=O) groups is 1. The van der Waals surface area contributed by atoms with Gasteiger partial charge in [0.15, 0.2) is 0 Å². The summed E-state index contributed by atoms with van der Waals surface area (Å²) in [5, 5.41) is 29.0. The molecule has 0 saturated heterocycles. The molecule has 3 N–H and O–H groups in total. The Morgan fingerprint density at radius 3 is 2.21 bits per heavy atom. The van der Waals surface area contributed by atoms with E-state index in [2.05, 4.69) is 27.7 Å². The summed E-state index contributed by atoms with van der Waals surface area (Å²) in [6.07, 6.45) is 12.0. The molecule has 0 aromatic heterocycles. The number of carbonyl (C=O) groups excluding carboxylic acids is 1. The largest absolute Gasteiger partial charge is 0.457 e. The zero-order valence-electron chi connectivity index (χ0n) is 22.4. The van der Waals surface area contributed by atoms with Crippen molar-refractivity contribution in [2.75, 3.05) is 19.8 Å². The summed E-state index contributed by atoms with van der Waals surface area (Å²) in [7, 11) is 0. The molecule has 202 valence electrons. The monoisotopic (exact) mass is 486 g/mol. The minimum atomic E-state index is -0.939. The highest BCUT2D eigenvalue weighted by Crippen LogP contribution is 2.35. The van der Waals surface area contributed by atoms with E-state index in [4.69, 9.17) is 9.47 Å². The maximum absolute atomic E-state index is 12.9. The quantitative estimate of drug-likeness (QED) is 0.170. The van der Waals surface area contributed by atoms with Crippen molar-refractivity contribution < 1.29 is 29.6 Å². The van der Waals surface area contributed by atoms with Gasteiger partial charge in [-0.05, 0) is 43.4 Å². The van der Waals surface area contributed by atoms with Crippen molar-refractivity contribution in [2.24, 2.45) is 23.7 Å². The predicted octanol–water partition coefficient (Wildman–Crippen LogP) is 5.26. The normalized spacial score (nSPS) is 23.6. The van der Waals surface area contributed by atoms with Gasteiger partial charge in [0.2, 0.25) is 0 Å². The molecule has 1 rings (SSSR count). The summed E-state index contributed by atoms with van der Waals surface area (Å²) in [6, 6.07) is 0. The number of rotatable bonds is 19. The van der Waals surface area contributed by atoms with Gasteiger partial charge in [-0.25, -0.2) is 0 Å². The standard InChI is InChI=1S/C28H54O6/c1-5-6-7-8-9-10-11-12-13-23(17-24(31)18-29)28(32)34-25(19-30)20-33-27-16-22(4)14-15-26(27)21(2)3/h21-27,29-31H,5-20H2,1-4H3. The van der Waals surface area contributed by atoms with Crippen LogP contribution in [0.25, 0.3) is 0 Å².